The first-order valence-electron chi connectivity index (χ1n) is 24.7. The number of aliphatic hydroxyl groups is 1. The van der Waals surface area contributed by atoms with Crippen molar-refractivity contribution in [1.29, 1.82) is 0 Å². The molecule has 72 heavy (non-hydrogen) atoms. The lowest BCUT2D eigenvalue weighted by Gasteiger charge is -2.37. The number of rotatable bonds is 20. The molecule has 6 rings (SSSR count). The summed E-state index contributed by atoms with van der Waals surface area (Å²) in [7, 11) is 0. The van der Waals surface area contributed by atoms with Gasteiger partial charge in [-0.05, 0) is 91.4 Å². The third-order valence-electron chi connectivity index (χ3n) is 13.6. The van der Waals surface area contributed by atoms with Crippen LogP contribution in [0.2, 0.25) is 0 Å². The van der Waals surface area contributed by atoms with Gasteiger partial charge in [-0.15, -0.1) is 11.8 Å². The number of H-pyrrole nitrogens is 1. The molecule has 1 aliphatic heterocycles. The molecule has 0 bridgehead atoms. The van der Waals surface area contributed by atoms with Gasteiger partial charge in [0.05, 0.1) is 22.6 Å². The number of allylic oxidation sites excluding steroid dienone is 1. The Hall–Kier alpha value is -6.30. The van der Waals surface area contributed by atoms with Crippen molar-refractivity contribution in [2.75, 3.05) is 25.3 Å². The van der Waals surface area contributed by atoms with Gasteiger partial charge >= 0.3 is 11.9 Å². The molecule has 2 aliphatic carbocycles. The summed E-state index contributed by atoms with van der Waals surface area (Å²) >= 11 is 0.992. The number of aliphatic hydroxyl groups excluding tert-OH is 1. The van der Waals surface area contributed by atoms with Crippen molar-refractivity contribution in [2.24, 2.45) is 46.4 Å². The number of nitrogens with one attached hydrogen (secondary N) is 4. The van der Waals surface area contributed by atoms with E-state index in [1.807, 2.05) is 60.7 Å². The second kappa shape index (κ2) is 25.4. The van der Waals surface area contributed by atoms with Crippen LogP contribution in [-0.4, -0.2) is 94.9 Å². The molecule has 3 aliphatic rings. The molecule has 16 nitrogen and oxygen atoms in total. The van der Waals surface area contributed by atoms with Crippen LogP contribution < -0.4 is 16.0 Å². The zero-order valence-electron chi connectivity index (χ0n) is 42.4. The average Bonchev–Trinajstić information content (AvgIpc) is 3.89. The molecule has 2 heterocycles. The average molecular weight is 1010 g/mol. The molecule has 2 aromatic carbocycles. The minimum absolute atomic E-state index is 0.0145. The van der Waals surface area contributed by atoms with Gasteiger partial charge in [-0.1, -0.05) is 116 Å². The highest BCUT2D eigenvalue weighted by Gasteiger charge is 2.40. The van der Waals surface area contributed by atoms with E-state index in [9.17, 15) is 29.1 Å². The van der Waals surface area contributed by atoms with Crippen LogP contribution in [0.25, 0.3) is 22.8 Å². The summed E-state index contributed by atoms with van der Waals surface area (Å²) in [6.07, 6.45) is 5.36. The number of amides is 3. The van der Waals surface area contributed by atoms with Crippen molar-refractivity contribution in [3.8, 4) is 11.1 Å². The van der Waals surface area contributed by atoms with E-state index < -0.39 is 65.3 Å². The summed E-state index contributed by atoms with van der Waals surface area (Å²) in [5.41, 5.74) is 1.55. The number of ether oxygens (including phenoxy) is 4. The van der Waals surface area contributed by atoms with Crippen molar-refractivity contribution in [3.05, 3.63) is 101 Å². The van der Waals surface area contributed by atoms with Crippen LogP contribution in [0.1, 0.15) is 103 Å². The van der Waals surface area contributed by atoms with E-state index in [-0.39, 0.29) is 71.8 Å². The number of esters is 2. The second-order valence-electron chi connectivity index (χ2n) is 19.7. The van der Waals surface area contributed by atoms with Crippen molar-refractivity contribution < 1.29 is 52.8 Å². The number of carbonyl (C=O) groups is 6. The number of carbonyl (C=O) groups excluding carboxylic acids is 6. The highest BCUT2D eigenvalue weighted by atomic mass is 32.2. The number of benzene rings is 2. The summed E-state index contributed by atoms with van der Waals surface area (Å²) in [6.45, 7) is 18.7. The standard InChI is InChI=1S/C55H69N5O11S/c1-10-42(63)56-26-36(8)52(64)59-50-46(54(66)70-48-32(4)21-30(2)22-33(48)5)44(38-17-13-11-14-18-38)40(57-50)25-41-45(39-19-15-12-16-20-39)47(55(67)71-49-34(6)23-31(3)24-35(49)7)51(58-41)60-53(65)37(9)72-43(69-29-62)27-68-28-61/h10-20,25,28,30-37,43,48-49,58,62H,1,21-24,26-27,29H2,2-9H3,(H,56,63)(H,60,65)(H,57,59,64). The number of aliphatic imine (C=N–C) groups is 1. The Bertz CT molecular complexity index is 2520. The van der Waals surface area contributed by atoms with E-state index >= 15 is 4.79 Å². The van der Waals surface area contributed by atoms with Crippen molar-refractivity contribution >= 4 is 71.2 Å². The van der Waals surface area contributed by atoms with E-state index in [2.05, 4.69) is 69.1 Å². The highest BCUT2D eigenvalue weighted by Crippen LogP contribution is 2.43. The molecule has 2 saturated carbocycles. The van der Waals surface area contributed by atoms with Gasteiger partial charge < -0.3 is 45.0 Å². The fourth-order valence-corrected chi connectivity index (χ4v) is 11.4. The van der Waals surface area contributed by atoms with Gasteiger partial charge in [-0.3, -0.25) is 19.2 Å². The predicted octanol–water partition coefficient (Wildman–Crippen LogP) is 8.31. The lowest BCUT2D eigenvalue weighted by molar-refractivity contribution is -0.152. The first-order valence-corrected chi connectivity index (χ1v) is 25.7. The van der Waals surface area contributed by atoms with Gasteiger partial charge in [0.25, 0.3) is 6.47 Å². The van der Waals surface area contributed by atoms with Crippen LogP contribution in [0.15, 0.2) is 89.6 Å². The second-order valence-corrected chi connectivity index (χ2v) is 21.2. The summed E-state index contributed by atoms with van der Waals surface area (Å²) < 4.78 is 23.1. The molecule has 3 amide bonds. The number of amidine groups is 1. The fourth-order valence-electron chi connectivity index (χ4n) is 10.5. The lowest BCUT2D eigenvalue weighted by atomic mass is 9.75. The molecule has 386 valence electrons. The molecule has 17 heteroatoms. The van der Waals surface area contributed by atoms with Crippen molar-refractivity contribution in [2.45, 2.75) is 104 Å². The van der Waals surface area contributed by atoms with Gasteiger partial charge in [0.1, 0.15) is 53.8 Å². The molecule has 7 atom stereocenters. The normalized spacial score (nSPS) is 24.8. The Morgan fingerprint density at radius 3 is 1.90 bits per heavy atom. The van der Waals surface area contributed by atoms with Crippen LogP contribution in [0.3, 0.4) is 0 Å². The fraction of sp³-hybridized carbons (Fsp3) is 0.473. The zero-order chi connectivity index (χ0) is 52.2. The first-order chi connectivity index (χ1) is 34.4. The molecule has 5 N–H and O–H groups in total. The minimum atomic E-state index is -0.896. The van der Waals surface area contributed by atoms with Crippen molar-refractivity contribution in [3.63, 3.8) is 0 Å². The molecule has 1 aromatic heterocycles. The van der Waals surface area contributed by atoms with Gasteiger partial charge in [-0.25, -0.2) is 14.6 Å². The summed E-state index contributed by atoms with van der Waals surface area (Å²) in [5, 5.41) is 17.1. The maximum absolute atomic E-state index is 15.0. The maximum Gasteiger partial charge on any atom is 0.342 e. The monoisotopic (exact) mass is 1010 g/mol. The number of aromatic nitrogens is 1. The third-order valence-corrected chi connectivity index (χ3v) is 14.8. The SMILES string of the molecule is C=CC(=O)NCC(C)C(=O)NC1=NC(=Cc2[nH]c(NC(=O)C(C)SC(COC=O)OCO)c(C(=O)OC3C(C)CC(C)CC3C)c2-c2ccccc2)C(c2ccccc2)=C1C(=O)OC1C(C)CC(C)CC1C. The van der Waals surface area contributed by atoms with E-state index in [0.717, 1.165) is 43.5 Å². The topological polar surface area (TPSA) is 224 Å². The van der Waals surface area contributed by atoms with Crippen LogP contribution in [0, 0.1) is 41.4 Å². The number of hydrogen-bond donors (Lipinski definition) is 5. The van der Waals surface area contributed by atoms with Gasteiger partial charge in [-0.2, -0.15) is 0 Å². The first kappa shape index (κ1) is 55.0. The predicted molar refractivity (Wildman–Crippen MR) is 278 cm³/mol. The van der Waals surface area contributed by atoms with Gasteiger partial charge in [0.2, 0.25) is 17.7 Å². The number of hydrogen-bond acceptors (Lipinski definition) is 13. The number of anilines is 1. The largest absolute Gasteiger partial charge is 0.464 e. The van der Waals surface area contributed by atoms with E-state index in [1.54, 1.807) is 19.9 Å². The van der Waals surface area contributed by atoms with E-state index in [4.69, 9.17) is 23.9 Å². The van der Waals surface area contributed by atoms with Crippen LogP contribution in [-0.2, 0) is 42.9 Å². The molecule has 0 radical (unpaired) electrons. The Morgan fingerprint density at radius 1 is 0.806 bits per heavy atom. The van der Waals surface area contributed by atoms with Gasteiger partial charge in [0, 0.05) is 17.7 Å². The summed E-state index contributed by atoms with van der Waals surface area (Å²) in [5.74, 6) is -2.65. The van der Waals surface area contributed by atoms with Crippen molar-refractivity contribution in [1.82, 2.24) is 15.6 Å². The van der Waals surface area contributed by atoms with Crippen LogP contribution in [0.4, 0.5) is 5.82 Å². The Morgan fingerprint density at radius 2 is 1.36 bits per heavy atom. The summed E-state index contributed by atoms with van der Waals surface area (Å²) in [6, 6.07) is 18.2. The Labute approximate surface area is 426 Å². The Balaban J connectivity index is 1.56. The third kappa shape index (κ3) is 13.6. The maximum atomic E-state index is 15.0. The quantitative estimate of drug-likeness (QED) is 0.0237. The lowest BCUT2D eigenvalue weighted by Crippen LogP contribution is -2.42. The number of nitrogens with zero attached hydrogens (tertiary/aromatic N) is 1. The molecular formula is C55H69N5O11S. The molecule has 3 aromatic rings. The highest BCUT2D eigenvalue weighted by molar-refractivity contribution is 8.01. The Kier molecular flexibility index (Phi) is 19.4. The number of aromatic amines is 1. The molecule has 2 fully saturated rings. The molecule has 0 spiro atoms. The molecular weight excluding hydrogens is 939 g/mol. The van der Waals surface area contributed by atoms with Gasteiger partial charge in [0.15, 0.2) is 0 Å². The van der Waals surface area contributed by atoms with E-state index in [0.29, 0.717) is 39.8 Å². The minimum Gasteiger partial charge on any atom is -0.464 e. The van der Waals surface area contributed by atoms with E-state index in [1.165, 1.54) is 0 Å². The molecule has 0 saturated heterocycles. The summed E-state index contributed by atoms with van der Waals surface area (Å²) in [4.78, 5) is 89.6. The smallest absolute Gasteiger partial charge is 0.342 e. The van der Waals surface area contributed by atoms with Crippen LogP contribution >= 0.6 is 11.8 Å². The van der Waals surface area contributed by atoms with Crippen LogP contribution in [0.5, 0.6) is 0 Å². The molecule has 7 unspecified atom stereocenters. The zero-order valence-corrected chi connectivity index (χ0v) is 43.2. The number of thioether (sulfide) groups is 1.